The van der Waals surface area contributed by atoms with E-state index in [4.69, 9.17) is 8.85 Å². The molecule has 0 aliphatic rings. The predicted molar refractivity (Wildman–Crippen MR) is 66.2 cm³/mol. The minimum Gasteiger partial charge on any atom is -0.468 e. The van der Waals surface area contributed by atoms with Crippen LogP contribution in [0.1, 0.15) is 0 Å². The first-order valence-electron chi connectivity index (χ1n) is 5.38. The van der Waals surface area contributed by atoms with E-state index in [0.29, 0.717) is 0 Å². The molecule has 9 heteroatoms. The van der Waals surface area contributed by atoms with Crippen molar-refractivity contribution in [3.05, 3.63) is 0 Å². The van der Waals surface area contributed by atoms with E-state index in [2.05, 4.69) is 14.8 Å². The molecule has 0 aliphatic heterocycles. The van der Waals surface area contributed by atoms with E-state index in [1.54, 1.807) is 6.55 Å². The van der Waals surface area contributed by atoms with Gasteiger partial charge >= 0.3 is 20.5 Å². The van der Waals surface area contributed by atoms with Crippen LogP contribution in [-0.4, -0.2) is 61.0 Å². The van der Waals surface area contributed by atoms with Crippen molar-refractivity contribution in [2.75, 3.05) is 34.6 Å². The van der Waals surface area contributed by atoms with Crippen molar-refractivity contribution >= 4 is 26.4 Å². The van der Waals surface area contributed by atoms with Crippen LogP contribution >= 0.6 is 0 Å². The van der Waals surface area contributed by atoms with Crippen LogP contribution in [0.4, 0.5) is 0 Å². The molecule has 0 unspecified atom stereocenters. The molecule has 0 aromatic rings. The molecule has 0 atom stereocenters. The fraction of sp³-hybridized carbons (Fsp3) is 0.700. The lowest BCUT2D eigenvalue weighted by Crippen LogP contribution is -2.52. The van der Waals surface area contributed by atoms with Gasteiger partial charge in [-0.05, 0) is 6.55 Å². The third-order valence-corrected chi connectivity index (χ3v) is 5.13. The van der Waals surface area contributed by atoms with E-state index >= 15 is 0 Å². The second kappa shape index (κ2) is 7.87. The number of esters is 2. The Kier molecular flexibility index (Phi) is 7.27. The topological polar surface area (TPSA) is 100 Å². The van der Waals surface area contributed by atoms with Crippen LogP contribution in [0, 0.1) is 5.92 Å². The molecule has 1 amide bonds. The van der Waals surface area contributed by atoms with Gasteiger partial charge in [-0.15, -0.1) is 0 Å². The highest BCUT2D eigenvalue weighted by molar-refractivity contribution is 6.66. The number of nitrogens with one attached hydrogen (secondary N) is 1. The standard InChI is InChI=1S/C10H19NO7Si/c1-15-9(13)7(10(14)16-2)8(12)11-6-19(5,17-3)18-4/h7H,6H2,1-5H3,(H,11,12). The monoisotopic (exact) mass is 293 g/mol. The molecule has 0 aromatic carbocycles. The summed E-state index contributed by atoms with van der Waals surface area (Å²) >= 11 is 0. The number of hydrogen-bond donors (Lipinski definition) is 1. The van der Waals surface area contributed by atoms with Crippen molar-refractivity contribution in [3.8, 4) is 0 Å². The van der Waals surface area contributed by atoms with Gasteiger partial charge < -0.3 is 23.6 Å². The summed E-state index contributed by atoms with van der Waals surface area (Å²) in [6.07, 6.45) is 0.0866. The molecule has 0 aliphatic carbocycles. The van der Waals surface area contributed by atoms with Gasteiger partial charge in [-0.25, -0.2) is 0 Å². The molecule has 0 spiro atoms. The Bertz CT molecular complexity index is 327. The Morgan fingerprint density at radius 1 is 1.00 bits per heavy atom. The molecule has 19 heavy (non-hydrogen) atoms. The lowest BCUT2D eigenvalue weighted by atomic mass is 10.1. The van der Waals surface area contributed by atoms with Crippen LogP contribution < -0.4 is 5.32 Å². The van der Waals surface area contributed by atoms with E-state index in [1.807, 2.05) is 0 Å². The Morgan fingerprint density at radius 2 is 1.42 bits per heavy atom. The fourth-order valence-corrected chi connectivity index (χ4v) is 2.07. The molecule has 0 fully saturated rings. The molecular formula is C10H19NO7Si. The van der Waals surface area contributed by atoms with E-state index in [1.165, 1.54) is 14.2 Å². The van der Waals surface area contributed by atoms with Crippen molar-refractivity contribution in [3.63, 3.8) is 0 Å². The number of ether oxygens (including phenoxy) is 2. The maximum atomic E-state index is 11.8. The van der Waals surface area contributed by atoms with Gasteiger partial charge in [0.1, 0.15) is 0 Å². The van der Waals surface area contributed by atoms with Gasteiger partial charge in [0.25, 0.3) is 0 Å². The van der Waals surface area contributed by atoms with Crippen molar-refractivity contribution < 1.29 is 32.7 Å². The Hall–Kier alpha value is -1.45. The first-order valence-corrected chi connectivity index (χ1v) is 7.91. The third-order valence-electron chi connectivity index (χ3n) is 2.58. The number of amides is 1. The highest BCUT2D eigenvalue weighted by Gasteiger charge is 2.38. The van der Waals surface area contributed by atoms with Gasteiger partial charge in [0.15, 0.2) is 0 Å². The zero-order valence-electron chi connectivity index (χ0n) is 11.6. The number of methoxy groups -OCH3 is 2. The highest BCUT2D eigenvalue weighted by Crippen LogP contribution is 2.06. The fourth-order valence-electron chi connectivity index (χ4n) is 1.12. The van der Waals surface area contributed by atoms with Crippen LogP contribution in [0.15, 0.2) is 0 Å². The number of hydrogen-bond acceptors (Lipinski definition) is 7. The summed E-state index contributed by atoms with van der Waals surface area (Å²) < 4.78 is 19.1. The molecule has 110 valence electrons. The third kappa shape index (κ3) is 4.97. The lowest BCUT2D eigenvalue weighted by Gasteiger charge is -2.23. The normalized spacial score (nSPS) is 11.1. The summed E-state index contributed by atoms with van der Waals surface area (Å²) in [4.78, 5) is 34.6. The molecule has 1 N–H and O–H groups in total. The average Bonchev–Trinajstić information content (AvgIpc) is 2.44. The number of carbonyl (C=O) groups excluding carboxylic acids is 3. The number of rotatable bonds is 7. The summed E-state index contributed by atoms with van der Waals surface area (Å²) in [7, 11) is 2.54. The minimum absolute atomic E-state index is 0.0866. The Morgan fingerprint density at radius 3 is 1.74 bits per heavy atom. The maximum Gasteiger partial charge on any atom is 0.354 e. The van der Waals surface area contributed by atoms with Gasteiger partial charge in [0, 0.05) is 14.2 Å². The van der Waals surface area contributed by atoms with Crippen LogP contribution in [0.5, 0.6) is 0 Å². The van der Waals surface area contributed by atoms with Gasteiger partial charge in [-0.3, -0.25) is 14.4 Å². The molecule has 0 radical (unpaired) electrons. The highest BCUT2D eigenvalue weighted by atomic mass is 28.4. The second-order valence-electron chi connectivity index (χ2n) is 3.74. The molecule has 0 bridgehead atoms. The molecule has 8 nitrogen and oxygen atoms in total. The molecule has 0 aromatic heterocycles. The van der Waals surface area contributed by atoms with E-state index in [-0.39, 0.29) is 6.17 Å². The summed E-state index contributed by atoms with van der Waals surface area (Å²) in [6.45, 7) is 1.72. The summed E-state index contributed by atoms with van der Waals surface area (Å²) in [5.74, 6) is -4.43. The van der Waals surface area contributed by atoms with Gasteiger partial charge in [-0.2, -0.15) is 0 Å². The second-order valence-corrected chi connectivity index (χ2v) is 7.18. The van der Waals surface area contributed by atoms with E-state index < -0.39 is 32.3 Å². The average molecular weight is 293 g/mol. The van der Waals surface area contributed by atoms with Crippen LogP contribution in [0.2, 0.25) is 6.55 Å². The van der Waals surface area contributed by atoms with Crippen LogP contribution in [-0.2, 0) is 32.7 Å². The molecule has 0 saturated heterocycles. The Labute approximate surface area is 112 Å². The quantitative estimate of drug-likeness (QED) is 0.364. The zero-order valence-corrected chi connectivity index (χ0v) is 12.6. The SMILES string of the molecule is COC(=O)C(C(=O)NC[Si](C)(OC)OC)C(=O)OC. The summed E-state index contributed by atoms with van der Waals surface area (Å²) in [6, 6.07) is 0. The smallest absolute Gasteiger partial charge is 0.354 e. The predicted octanol–water partition coefficient (Wildman–Crippen LogP) is -1.03. The summed E-state index contributed by atoms with van der Waals surface area (Å²) in [5, 5.41) is 2.43. The van der Waals surface area contributed by atoms with E-state index in [0.717, 1.165) is 14.2 Å². The minimum atomic E-state index is -2.53. The Balaban J connectivity index is 4.75. The molecule has 0 saturated carbocycles. The van der Waals surface area contributed by atoms with Crippen molar-refractivity contribution in [2.24, 2.45) is 5.92 Å². The van der Waals surface area contributed by atoms with E-state index in [9.17, 15) is 14.4 Å². The molecule has 0 heterocycles. The first kappa shape index (κ1) is 17.5. The maximum absolute atomic E-state index is 11.8. The summed E-state index contributed by atoms with van der Waals surface area (Å²) in [5.41, 5.74) is 0. The van der Waals surface area contributed by atoms with Gasteiger partial charge in [0.05, 0.1) is 20.4 Å². The van der Waals surface area contributed by atoms with Crippen LogP contribution in [0.25, 0.3) is 0 Å². The largest absolute Gasteiger partial charge is 0.468 e. The van der Waals surface area contributed by atoms with Crippen LogP contribution in [0.3, 0.4) is 0 Å². The number of carbonyl (C=O) groups is 3. The van der Waals surface area contributed by atoms with Crippen molar-refractivity contribution in [1.29, 1.82) is 0 Å². The van der Waals surface area contributed by atoms with Crippen molar-refractivity contribution in [1.82, 2.24) is 5.32 Å². The van der Waals surface area contributed by atoms with Gasteiger partial charge in [0.2, 0.25) is 11.8 Å². The molecule has 0 rings (SSSR count). The lowest BCUT2D eigenvalue weighted by molar-refractivity contribution is -0.162. The van der Waals surface area contributed by atoms with Crippen molar-refractivity contribution in [2.45, 2.75) is 6.55 Å². The molecular weight excluding hydrogens is 274 g/mol. The first-order chi connectivity index (χ1) is 8.85. The zero-order chi connectivity index (χ0) is 15.1. The van der Waals surface area contributed by atoms with Gasteiger partial charge in [-0.1, -0.05) is 0 Å².